The van der Waals surface area contributed by atoms with Crippen LogP contribution in [-0.4, -0.2) is 17.0 Å². The van der Waals surface area contributed by atoms with Crippen LogP contribution in [0.2, 0.25) is 0 Å². The number of nitrogens with two attached hydrogens (primary N) is 1. The van der Waals surface area contributed by atoms with Crippen molar-refractivity contribution in [1.82, 2.24) is 0 Å². The molecule has 1 amide bonds. The van der Waals surface area contributed by atoms with Gasteiger partial charge >= 0.3 is 5.97 Å². The van der Waals surface area contributed by atoms with Crippen LogP contribution in [0, 0.1) is 10.7 Å². The number of carboxylic acids is 1. The van der Waals surface area contributed by atoms with Crippen LogP contribution < -0.4 is 11.1 Å². The summed E-state index contributed by atoms with van der Waals surface area (Å²) >= 11 is 6.35. The van der Waals surface area contributed by atoms with E-state index in [1.54, 1.807) is 18.2 Å². The van der Waals surface area contributed by atoms with Crippen LogP contribution >= 0.6 is 67.8 Å². The van der Waals surface area contributed by atoms with E-state index in [0.29, 0.717) is 23.4 Å². The highest BCUT2D eigenvalue weighted by molar-refractivity contribution is 14.1. The van der Waals surface area contributed by atoms with Gasteiger partial charge < -0.3 is 16.2 Å². The number of halogens is 3. The molecule has 0 aliphatic rings. The Morgan fingerprint density at radius 2 is 1.83 bits per heavy atom. The van der Waals surface area contributed by atoms with Gasteiger partial charge in [-0.05, 0) is 98.0 Å². The summed E-state index contributed by atoms with van der Waals surface area (Å²) in [5.41, 5.74) is 8.66. The van der Waals surface area contributed by atoms with E-state index in [9.17, 15) is 9.59 Å². The molecule has 2 rings (SSSR count). The van der Waals surface area contributed by atoms with E-state index in [1.807, 2.05) is 12.1 Å². The molecule has 2 aromatic rings. The molecule has 0 bridgehead atoms. The summed E-state index contributed by atoms with van der Waals surface area (Å²) in [6.07, 6.45) is 0.478. The molecule has 0 unspecified atom stereocenters. The third-order valence-corrected chi connectivity index (χ3v) is 6.11. The van der Waals surface area contributed by atoms with E-state index in [1.165, 1.54) is 0 Å². The highest BCUT2D eigenvalue weighted by Gasteiger charge is 2.18. The molecule has 0 aliphatic heterocycles. The molecule has 5 nitrogen and oxygen atoms in total. The number of carbonyl (C=O) groups is 2. The smallest absolute Gasteiger partial charge is 0.303 e. The molecule has 2 aromatic carbocycles. The van der Waals surface area contributed by atoms with Crippen molar-refractivity contribution in [2.75, 3.05) is 11.1 Å². The fraction of sp³-hybridized carbons (Fsp3) is 0.125. The normalized spacial score (nSPS) is 10.5. The summed E-state index contributed by atoms with van der Waals surface area (Å²) in [4.78, 5) is 23.3. The van der Waals surface area contributed by atoms with Crippen LogP contribution in [0.1, 0.15) is 22.3 Å². The second-order valence-electron chi connectivity index (χ2n) is 4.99. The SMILES string of the molecule is Nc1c(I)cc(I)c(C(=O)Nc2cccc(CCC(=O)O)c2)c1I. The predicted molar refractivity (Wildman–Crippen MR) is 119 cm³/mol. The molecule has 0 heterocycles. The minimum Gasteiger partial charge on any atom is -0.481 e. The Labute approximate surface area is 180 Å². The van der Waals surface area contributed by atoms with Crippen molar-refractivity contribution in [3.05, 3.63) is 52.2 Å². The van der Waals surface area contributed by atoms with Gasteiger partial charge in [-0.1, -0.05) is 12.1 Å². The Bertz CT molecular complexity index is 809. The van der Waals surface area contributed by atoms with E-state index in [-0.39, 0.29) is 12.3 Å². The molecule has 0 aromatic heterocycles. The standard InChI is InChI=1S/C16H13I3N2O3/c17-10-7-11(18)15(20)14(19)13(10)16(24)21-9-3-1-2-8(6-9)4-5-12(22)23/h1-3,6-7H,4-5,20H2,(H,21,24)(H,22,23). The minimum absolute atomic E-state index is 0.0564. The average Bonchev–Trinajstić information content (AvgIpc) is 2.51. The van der Waals surface area contributed by atoms with E-state index in [0.717, 1.165) is 16.3 Å². The van der Waals surface area contributed by atoms with Gasteiger partial charge in [-0.25, -0.2) is 0 Å². The number of aryl methyl sites for hydroxylation is 1. The monoisotopic (exact) mass is 662 g/mol. The van der Waals surface area contributed by atoms with Gasteiger partial charge in [-0.3, -0.25) is 9.59 Å². The third kappa shape index (κ3) is 4.94. The second kappa shape index (κ2) is 8.65. The van der Waals surface area contributed by atoms with Crippen molar-refractivity contribution < 1.29 is 14.7 Å². The zero-order chi connectivity index (χ0) is 17.9. The first-order chi connectivity index (χ1) is 11.3. The van der Waals surface area contributed by atoms with Gasteiger partial charge in [-0.15, -0.1) is 0 Å². The molecule has 0 atom stereocenters. The lowest BCUT2D eigenvalue weighted by Gasteiger charge is -2.12. The Morgan fingerprint density at radius 3 is 2.50 bits per heavy atom. The summed E-state index contributed by atoms with van der Waals surface area (Å²) in [7, 11) is 0. The Kier molecular flexibility index (Phi) is 7.10. The molecule has 0 aliphatic carbocycles. The van der Waals surface area contributed by atoms with Crippen LogP contribution in [0.4, 0.5) is 11.4 Å². The summed E-state index contributed by atoms with van der Waals surface area (Å²) in [5, 5.41) is 11.6. The highest BCUT2D eigenvalue weighted by atomic mass is 127. The fourth-order valence-corrected chi connectivity index (χ4v) is 5.92. The lowest BCUT2D eigenvalue weighted by atomic mass is 10.1. The van der Waals surface area contributed by atoms with Crippen LogP contribution in [0.15, 0.2) is 30.3 Å². The van der Waals surface area contributed by atoms with Crippen LogP contribution in [0.25, 0.3) is 0 Å². The van der Waals surface area contributed by atoms with Crippen molar-refractivity contribution in [2.24, 2.45) is 0 Å². The first-order valence-electron chi connectivity index (χ1n) is 6.84. The van der Waals surface area contributed by atoms with Crippen LogP contribution in [0.3, 0.4) is 0 Å². The number of hydrogen-bond acceptors (Lipinski definition) is 3. The number of hydrogen-bond donors (Lipinski definition) is 3. The number of nitrogens with one attached hydrogen (secondary N) is 1. The Balaban J connectivity index is 2.23. The van der Waals surface area contributed by atoms with E-state index in [2.05, 4.69) is 73.1 Å². The minimum atomic E-state index is -0.845. The fourth-order valence-electron chi connectivity index (χ4n) is 2.06. The van der Waals surface area contributed by atoms with Crippen molar-refractivity contribution in [1.29, 1.82) is 0 Å². The number of amides is 1. The summed E-state index contributed by atoms with van der Waals surface area (Å²) in [6.45, 7) is 0. The maximum atomic E-state index is 12.6. The quantitative estimate of drug-likeness (QED) is 0.328. The largest absolute Gasteiger partial charge is 0.481 e. The number of carbonyl (C=O) groups excluding carboxylic acids is 1. The Morgan fingerprint density at radius 1 is 1.12 bits per heavy atom. The van der Waals surface area contributed by atoms with Gasteiger partial charge in [0.25, 0.3) is 5.91 Å². The Hall–Kier alpha value is -0.630. The molecule has 0 spiro atoms. The number of anilines is 2. The van der Waals surface area contributed by atoms with Crippen LogP contribution in [-0.2, 0) is 11.2 Å². The topological polar surface area (TPSA) is 92.4 Å². The van der Waals surface area contributed by atoms with Gasteiger partial charge in [0.15, 0.2) is 0 Å². The molecule has 0 saturated carbocycles. The number of benzene rings is 2. The predicted octanol–water partition coefficient (Wildman–Crippen LogP) is 4.35. The van der Waals surface area contributed by atoms with Gasteiger partial charge in [0.05, 0.1) is 14.8 Å². The number of aliphatic carboxylic acids is 1. The van der Waals surface area contributed by atoms with Gasteiger partial charge in [0.2, 0.25) is 0 Å². The number of rotatable bonds is 5. The number of nitrogen functional groups attached to an aromatic ring is 1. The van der Waals surface area contributed by atoms with Crippen molar-refractivity contribution in [2.45, 2.75) is 12.8 Å². The second-order valence-corrected chi connectivity index (χ2v) is 8.39. The summed E-state index contributed by atoms with van der Waals surface area (Å²) in [6, 6.07) is 9.07. The maximum Gasteiger partial charge on any atom is 0.303 e. The molecule has 24 heavy (non-hydrogen) atoms. The third-order valence-electron chi connectivity index (χ3n) is 3.24. The first kappa shape index (κ1) is 19.7. The lowest BCUT2D eigenvalue weighted by molar-refractivity contribution is -0.136. The molecule has 0 fully saturated rings. The lowest BCUT2D eigenvalue weighted by Crippen LogP contribution is -2.17. The van der Waals surface area contributed by atoms with E-state index >= 15 is 0 Å². The highest BCUT2D eigenvalue weighted by Crippen LogP contribution is 2.30. The van der Waals surface area contributed by atoms with Gasteiger partial charge in [0, 0.05) is 19.2 Å². The molecular weight excluding hydrogens is 649 g/mol. The van der Waals surface area contributed by atoms with E-state index in [4.69, 9.17) is 10.8 Å². The molecule has 0 saturated heterocycles. The van der Waals surface area contributed by atoms with E-state index < -0.39 is 5.97 Å². The van der Waals surface area contributed by atoms with Crippen molar-refractivity contribution >= 4 is 91.0 Å². The zero-order valence-corrected chi connectivity index (χ0v) is 18.7. The molecule has 4 N–H and O–H groups in total. The summed E-state index contributed by atoms with van der Waals surface area (Å²) < 4.78 is 2.46. The van der Waals surface area contributed by atoms with Gasteiger partial charge in [-0.2, -0.15) is 0 Å². The first-order valence-corrected chi connectivity index (χ1v) is 10.1. The molecule has 126 valence electrons. The average molecular weight is 662 g/mol. The number of carboxylic acid groups (broad SMARTS) is 1. The molecular formula is C16H13I3N2O3. The zero-order valence-electron chi connectivity index (χ0n) is 12.3. The van der Waals surface area contributed by atoms with Crippen LogP contribution in [0.5, 0.6) is 0 Å². The maximum absolute atomic E-state index is 12.6. The van der Waals surface area contributed by atoms with Crippen molar-refractivity contribution in [3.8, 4) is 0 Å². The summed E-state index contributed by atoms with van der Waals surface area (Å²) in [5.74, 6) is -1.08. The van der Waals surface area contributed by atoms with Crippen molar-refractivity contribution in [3.63, 3.8) is 0 Å². The van der Waals surface area contributed by atoms with Gasteiger partial charge in [0.1, 0.15) is 0 Å². The molecule has 8 heteroatoms. The molecule has 0 radical (unpaired) electrons.